The highest BCUT2D eigenvalue weighted by Crippen LogP contribution is 2.29. The monoisotopic (exact) mass is 380 g/mol. The molecule has 6 heteroatoms. The van der Waals surface area contributed by atoms with E-state index in [9.17, 15) is 9.59 Å². The third-order valence-electron chi connectivity index (χ3n) is 4.89. The number of ether oxygens (including phenoxy) is 1. The van der Waals surface area contributed by atoms with Crippen LogP contribution in [0.3, 0.4) is 0 Å². The molecule has 3 aromatic rings. The van der Waals surface area contributed by atoms with Crippen molar-refractivity contribution in [3.63, 3.8) is 0 Å². The van der Waals surface area contributed by atoms with Crippen molar-refractivity contribution in [2.75, 3.05) is 26.0 Å². The SMILES string of the molecule is COc1ccc2oc(C)c(C(=O)N(C)CC(=O)Nc3cccc(C)c3C)c2c1. The molecule has 0 atom stereocenters. The first-order valence-corrected chi connectivity index (χ1v) is 9.00. The minimum absolute atomic E-state index is 0.0672. The van der Waals surface area contributed by atoms with Crippen LogP contribution in [0.5, 0.6) is 5.75 Å². The molecule has 0 spiro atoms. The number of aryl methyl sites for hydroxylation is 2. The topological polar surface area (TPSA) is 71.8 Å². The molecule has 0 saturated carbocycles. The summed E-state index contributed by atoms with van der Waals surface area (Å²) in [6.07, 6.45) is 0. The van der Waals surface area contributed by atoms with E-state index < -0.39 is 0 Å². The molecule has 28 heavy (non-hydrogen) atoms. The number of carbonyl (C=O) groups excluding carboxylic acids is 2. The summed E-state index contributed by atoms with van der Waals surface area (Å²) in [5, 5.41) is 3.55. The molecule has 0 aliphatic heterocycles. The molecule has 1 aromatic heterocycles. The molecule has 0 saturated heterocycles. The Kier molecular flexibility index (Phi) is 5.40. The normalized spacial score (nSPS) is 10.8. The number of furan rings is 1. The molecule has 1 N–H and O–H groups in total. The second-order valence-corrected chi connectivity index (χ2v) is 6.85. The van der Waals surface area contributed by atoms with Gasteiger partial charge in [0.2, 0.25) is 5.91 Å². The number of nitrogens with zero attached hydrogens (tertiary/aromatic N) is 1. The van der Waals surface area contributed by atoms with Crippen LogP contribution in [0.4, 0.5) is 5.69 Å². The zero-order valence-electron chi connectivity index (χ0n) is 16.8. The maximum absolute atomic E-state index is 13.0. The van der Waals surface area contributed by atoms with Crippen molar-refractivity contribution in [1.29, 1.82) is 0 Å². The van der Waals surface area contributed by atoms with Crippen LogP contribution >= 0.6 is 0 Å². The number of fused-ring (bicyclic) bond motifs is 1. The predicted octanol–water partition coefficient (Wildman–Crippen LogP) is 4.08. The van der Waals surface area contributed by atoms with Crippen LogP contribution in [0.25, 0.3) is 11.0 Å². The molecule has 3 rings (SSSR count). The Bertz CT molecular complexity index is 1050. The van der Waals surface area contributed by atoms with Gasteiger partial charge >= 0.3 is 0 Å². The summed E-state index contributed by atoms with van der Waals surface area (Å²) in [5.74, 6) is 0.612. The van der Waals surface area contributed by atoms with Gasteiger partial charge in [0.25, 0.3) is 5.91 Å². The zero-order chi connectivity index (χ0) is 20.4. The van der Waals surface area contributed by atoms with E-state index in [2.05, 4.69) is 5.32 Å². The second kappa shape index (κ2) is 7.76. The third kappa shape index (κ3) is 3.71. The van der Waals surface area contributed by atoms with Gasteiger partial charge in [-0.05, 0) is 56.2 Å². The fourth-order valence-corrected chi connectivity index (χ4v) is 3.15. The molecule has 0 fully saturated rings. The van der Waals surface area contributed by atoms with Crippen LogP contribution in [0.15, 0.2) is 40.8 Å². The van der Waals surface area contributed by atoms with E-state index in [0.29, 0.717) is 28.0 Å². The van der Waals surface area contributed by atoms with Crippen molar-refractivity contribution in [2.24, 2.45) is 0 Å². The molecule has 0 unspecified atom stereocenters. The number of benzene rings is 2. The quantitative estimate of drug-likeness (QED) is 0.724. The summed E-state index contributed by atoms with van der Waals surface area (Å²) >= 11 is 0. The first-order valence-electron chi connectivity index (χ1n) is 9.00. The molecular formula is C22H24N2O4. The van der Waals surface area contributed by atoms with Crippen molar-refractivity contribution in [3.8, 4) is 5.75 Å². The van der Waals surface area contributed by atoms with E-state index in [-0.39, 0.29) is 18.4 Å². The van der Waals surface area contributed by atoms with Crippen LogP contribution in [-0.4, -0.2) is 37.4 Å². The molecule has 1 heterocycles. The summed E-state index contributed by atoms with van der Waals surface area (Å²) < 4.78 is 10.9. The molecule has 2 amide bonds. The summed E-state index contributed by atoms with van der Waals surface area (Å²) in [7, 11) is 3.17. The third-order valence-corrected chi connectivity index (χ3v) is 4.89. The summed E-state index contributed by atoms with van der Waals surface area (Å²) in [6, 6.07) is 11.0. The number of amides is 2. The van der Waals surface area contributed by atoms with Gasteiger partial charge in [-0.2, -0.15) is 0 Å². The number of hydrogen-bond acceptors (Lipinski definition) is 4. The highest BCUT2D eigenvalue weighted by Gasteiger charge is 2.23. The van der Waals surface area contributed by atoms with Gasteiger partial charge in [-0.3, -0.25) is 9.59 Å². The van der Waals surface area contributed by atoms with Crippen LogP contribution in [0.2, 0.25) is 0 Å². The number of carbonyl (C=O) groups is 2. The fourth-order valence-electron chi connectivity index (χ4n) is 3.15. The number of likely N-dealkylation sites (N-methyl/N-ethyl adjacent to an activating group) is 1. The van der Waals surface area contributed by atoms with E-state index in [1.165, 1.54) is 4.90 Å². The molecule has 0 bridgehead atoms. The van der Waals surface area contributed by atoms with Crippen LogP contribution in [0.1, 0.15) is 27.2 Å². The molecule has 0 aliphatic carbocycles. The van der Waals surface area contributed by atoms with Gasteiger partial charge in [-0.1, -0.05) is 12.1 Å². The molecule has 2 aromatic carbocycles. The Morgan fingerprint density at radius 3 is 2.61 bits per heavy atom. The van der Waals surface area contributed by atoms with E-state index in [4.69, 9.17) is 9.15 Å². The number of methoxy groups -OCH3 is 1. The summed E-state index contributed by atoms with van der Waals surface area (Å²) in [6.45, 7) is 5.61. The van der Waals surface area contributed by atoms with E-state index in [1.54, 1.807) is 39.3 Å². The number of hydrogen-bond donors (Lipinski definition) is 1. The minimum atomic E-state index is -0.277. The van der Waals surface area contributed by atoms with Gasteiger partial charge < -0.3 is 19.4 Å². The van der Waals surface area contributed by atoms with E-state index >= 15 is 0 Å². The maximum Gasteiger partial charge on any atom is 0.258 e. The lowest BCUT2D eigenvalue weighted by Gasteiger charge is -2.17. The number of rotatable bonds is 5. The first-order chi connectivity index (χ1) is 13.3. The largest absolute Gasteiger partial charge is 0.497 e. The van der Waals surface area contributed by atoms with Crippen LogP contribution < -0.4 is 10.1 Å². The number of anilines is 1. The van der Waals surface area contributed by atoms with Crippen molar-refractivity contribution < 1.29 is 18.7 Å². The van der Waals surface area contributed by atoms with Crippen LogP contribution in [0, 0.1) is 20.8 Å². The van der Waals surface area contributed by atoms with Gasteiger partial charge in [0, 0.05) is 18.1 Å². The van der Waals surface area contributed by atoms with Crippen molar-refractivity contribution in [3.05, 3.63) is 58.8 Å². The average Bonchev–Trinajstić information content (AvgIpc) is 2.99. The predicted molar refractivity (Wildman–Crippen MR) is 109 cm³/mol. The highest BCUT2D eigenvalue weighted by molar-refractivity contribution is 6.08. The van der Waals surface area contributed by atoms with E-state index in [1.807, 2.05) is 32.0 Å². The molecule has 146 valence electrons. The molecule has 0 aliphatic rings. The van der Waals surface area contributed by atoms with Crippen molar-refractivity contribution in [2.45, 2.75) is 20.8 Å². The lowest BCUT2D eigenvalue weighted by molar-refractivity contribution is -0.116. The Morgan fingerprint density at radius 1 is 1.14 bits per heavy atom. The summed E-state index contributed by atoms with van der Waals surface area (Å²) in [4.78, 5) is 26.8. The first kappa shape index (κ1) is 19.5. The molecular weight excluding hydrogens is 356 g/mol. The van der Waals surface area contributed by atoms with Gasteiger partial charge in [0.05, 0.1) is 19.2 Å². The summed E-state index contributed by atoms with van der Waals surface area (Å²) in [5.41, 5.74) is 3.90. The van der Waals surface area contributed by atoms with Crippen molar-refractivity contribution >= 4 is 28.5 Å². The Hall–Kier alpha value is -3.28. The lowest BCUT2D eigenvalue weighted by atomic mass is 10.1. The number of nitrogens with one attached hydrogen (secondary N) is 1. The molecule has 0 radical (unpaired) electrons. The second-order valence-electron chi connectivity index (χ2n) is 6.85. The lowest BCUT2D eigenvalue weighted by Crippen LogP contribution is -2.35. The Labute approximate surface area is 164 Å². The maximum atomic E-state index is 13.0. The minimum Gasteiger partial charge on any atom is -0.497 e. The van der Waals surface area contributed by atoms with Crippen LogP contribution in [-0.2, 0) is 4.79 Å². The Balaban J connectivity index is 1.79. The zero-order valence-corrected chi connectivity index (χ0v) is 16.8. The standard InChI is InChI=1S/C22H24N2O4/c1-13-7-6-8-18(14(13)2)23-20(25)12-24(4)22(26)21-15(3)28-19-10-9-16(27-5)11-17(19)21/h6-11H,12H2,1-5H3,(H,23,25). The average molecular weight is 380 g/mol. The van der Waals surface area contributed by atoms with Gasteiger partial charge in [0.1, 0.15) is 17.1 Å². The van der Waals surface area contributed by atoms with Crippen molar-refractivity contribution in [1.82, 2.24) is 4.90 Å². The van der Waals surface area contributed by atoms with Gasteiger partial charge in [-0.25, -0.2) is 0 Å². The Morgan fingerprint density at radius 2 is 1.89 bits per heavy atom. The van der Waals surface area contributed by atoms with E-state index in [0.717, 1.165) is 16.8 Å². The molecule has 6 nitrogen and oxygen atoms in total. The smallest absolute Gasteiger partial charge is 0.258 e. The highest BCUT2D eigenvalue weighted by atomic mass is 16.5. The van der Waals surface area contributed by atoms with Gasteiger partial charge in [-0.15, -0.1) is 0 Å². The van der Waals surface area contributed by atoms with Gasteiger partial charge in [0.15, 0.2) is 0 Å². The fraction of sp³-hybridized carbons (Fsp3) is 0.273.